The summed E-state index contributed by atoms with van der Waals surface area (Å²) in [5.74, 6) is 0.560. The van der Waals surface area contributed by atoms with Crippen LogP contribution in [0.2, 0.25) is 0 Å². The molecule has 7 heteroatoms. The number of phenolic OH excluding ortho intramolecular Hbond substituents is 2. The van der Waals surface area contributed by atoms with E-state index in [0.29, 0.717) is 13.1 Å². The molecule has 0 atom stereocenters. The number of aromatic hydroxyl groups is 2. The van der Waals surface area contributed by atoms with Crippen molar-refractivity contribution < 1.29 is 31.9 Å². The molecule has 0 bridgehead atoms. The molecular formula is C62H64N4O2Ti+. The standard InChI is InChI=1S/C48H50N4O2.2C7H7.Ti/c1-29-9-13-37-38-14-10-30(2)22-42(38)51(41(37)21-29)45-25-33(5)19-35(47(45)53)27-50(18-17-49(7)8)28-36-20-34(6)26-46(48(36)54)52-43-23-31(3)11-15-39(43)40-16-12-32(4)24-44(40)52;2*1-7-5-3-2-4-6-7;/h9-16,19-26,53-54H,17-18,27-28H2,1-8H3;2*2-6H,1H2;/q;2*-1;+3. The maximum atomic E-state index is 12.2. The quantitative estimate of drug-likeness (QED) is 0.112. The van der Waals surface area contributed by atoms with E-state index in [0.717, 1.165) is 79.9 Å². The van der Waals surface area contributed by atoms with E-state index in [2.05, 4.69) is 185 Å². The normalized spacial score (nSPS) is 11.2. The second kappa shape index (κ2) is 21.7. The van der Waals surface area contributed by atoms with Gasteiger partial charge in [-0.05, 0) is 125 Å². The first-order chi connectivity index (χ1) is 32.6. The maximum absolute atomic E-state index is 12.2. The molecule has 0 unspecified atom stereocenters. The number of hydrogen-bond donors (Lipinski definition) is 2. The van der Waals surface area contributed by atoms with E-state index < -0.39 is 0 Å². The molecule has 69 heavy (non-hydrogen) atoms. The van der Waals surface area contributed by atoms with Gasteiger partial charge in [-0.25, -0.2) is 0 Å². The first-order valence-corrected chi connectivity index (χ1v) is 23.4. The Bertz CT molecular complexity index is 3050. The second-order valence-corrected chi connectivity index (χ2v) is 18.8. The molecule has 0 aliphatic rings. The van der Waals surface area contributed by atoms with Crippen molar-refractivity contribution in [1.82, 2.24) is 18.9 Å². The number of likely N-dealkylation sites (N-methyl/N-ethyl adjacent to an activating group) is 1. The second-order valence-electron chi connectivity index (χ2n) is 18.8. The third kappa shape index (κ3) is 11.3. The summed E-state index contributed by atoms with van der Waals surface area (Å²) in [6, 6.07) is 54.4. The van der Waals surface area contributed by atoms with Crippen molar-refractivity contribution in [2.45, 2.75) is 54.6 Å². The van der Waals surface area contributed by atoms with Crippen LogP contribution < -0.4 is 0 Å². The zero-order chi connectivity index (χ0) is 48.2. The predicted octanol–water partition coefficient (Wildman–Crippen LogP) is 14.4. The number of aromatic nitrogens is 2. The summed E-state index contributed by atoms with van der Waals surface area (Å²) in [5.41, 5.74) is 16.6. The maximum Gasteiger partial charge on any atom is 3.00 e. The van der Waals surface area contributed by atoms with Gasteiger partial charge in [-0.3, -0.25) is 4.90 Å². The molecule has 347 valence electrons. The number of hydrogen-bond acceptors (Lipinski definition) is 4. The van der Waals surface area contributed by atoms with E-state index in [1.165, 1.54) is 43.8 Å². The minimum atomic E-state index is 0. The molecule has 0 spiro atoms. The van der Waals surface area contributed by atoms with E-state index >= 15 is 0 Å². The molecule has 10 aromatic rings. The minimum absolute atomic E-state index is 0. The van der Waals surface area contributed by atoms with Crippen LogP contribution in [0.1, 0.15) is 55.6 Å². The molecular weight excluding hydrogens is 881 g/mol. The summed E-state index contributed by atoms with van der Waals surface area (Å²) in [7, 11) is 4.17. The molecule has 2 heterocycles. The van der Waals surface area contributed by atoms with Gasteiger partial charge in [0, 0.05) is 58.9 Å². The van der Waals surface area contributed by atoms with Crippen molar-refractivity contribution in [2.24, 2.45) is 0 Å². The molecule has 0 amide bonds. The molecule has 6 nitrogen and oxygen atoms in total. The van der Waals surface area contributed by atoms with Crippen molar-refractivity contribution >= 4 is 43.6 Å². The van der Waals surface area contributed by atoms with Gasteiger partial charge >= 0.3 is 21.7 Å². The number of nitrogens with zero attached hydrogens (tertiary/aromatic N) is 4. The van der Waals surface area contributed by atoms with Crippen LogP contribution in [0.15, 0.2) is 158 Å². The molecule has 8 aromatic carbocycles. The zero-order valence-corrected chi connectivity index (χ0v) is 43.0. The van der Waals surface area contributed by atoms with E-state index in [4.69, 9.17) is 0 Å². The smallest absolute Gasteiger partial charge is 0.505 e. The number of phenols is 2. The number of aryl methyl sites for hydroxylation is 6. The Kier molecular flexibility index (Phi) is 15.8. The van der Waals surface area contributed by atoms with E-state index in [9.17, 15) is 10.2 Å². The van der Waals surface area contributed by atoms with Gasteiger partial charge in [0.05, 0.1) is 33.4 Å². The van der Waals surface area contributed by atoms with Crippen LogP contribution in [0.25, 0.3) is 55.0 Å². The largest absolute Gasteiger partial charge is 3.00 e. The Labute approximate surface area is 424 Å². The average Bonchev–Trinajstić information content (AvgIpc) is 3.78. The Balaban J connectivity index is 0.000000402. The van der Waals surface area contributed by atoms with Gasteiger partial charge in [-0.15, -0.1) is 24.3 Å². The summed E-state index contributed by atoms with van der Waals surface area (Å²) in [4.78, 5) is 4.53. The Morgan fingerprint density at radius 2 is 0.725 bits per heavy atom. The molecule has 0 fully saturated rings. The summed E-state index contributed by atoms with van der Waals surface area (Å²) in [6.07, 6.45) is 0. The topological polar surface area (TPSA) is 56.8 Å². The molecule has 0 saturated heterocycles. The number of benzene rings is 8. The SMILES string of the molecule is Cc1cc(CN(CCN(C)C)Cc2cc(C)cc(-n3c4cc(C)ccc4c4ccc(C)cc43)c2O)c(O)c(-n2c3cc(C)ccc3c3ccc(C)cc32)c1.[CH2-]c1ccccc1.[CH2-]c1ccccc1.[Ti+3]. The molecule has 10 rings (SSSR count). The average molecular weight is 945 g/mol. The Morgan fingerprint density at radius 1 is 0.406 bits per heavy atom. The molecule has 1 radical (unpaired) electrons. The summed E-state index contributed by atoms with van der Waals surface area (Å²) >= 11 is 0. The number of rotatable bonds is 9. The third-order valence-electron chi connectivity index (χ3n) is 12.6. The van der Waals surface area contributed by atoms with Crippen LogP contribution in [0.4, 0.5) is 0 Å². The zero-order valence-electron chi connectivity index (χ0n) is 41.4. The summed E-state index contributed by atoms with van der Waals surface area (Å²) in [6.45, 7) is 22.7. The third-order valence-corrected chi connectivity index (χ3v) is 12.6. The van der Waals surface area contributed by atoms with Crippen LogP contribution in [-0.2, 0) is 34.8 Å². The van der Waals surface area contributed by atoms with Gasteiger partial charge in [0.1, 0.15) is 11.5 Å². The fourth-order valence-electron chi connectivity index (χ4n) is 9.24. The van der Waals surface area contributed by atoms with Crippen molar-refractivity contribution in [2.75, 3.05) is 27.2 Å². The van der Waals surface area contributed by atoms with Crippen molar-refractivity contribution in [3.8, 4) is 22.9 Å². The minimum Gasteiger partial charge on any atom is -0.505 e. The monoisotopic (exact) mass is 944 g/mol. The fourth-order valence-corrected chi connectivity index (χ4v) is 9.24. The predicted molar refractivity (Wildman–Crippen MR) is 288 cm³/mol. The van der Waals surface area contributed by atoms with Crippen molar-refractivity contribution in [1.29, 1.82) is 0 Å². The van der Waals surface area contributed by atoms with Crippen LogP contribution in [0, 0.1) is 55.4 Å². The fraction of sp³-hybridized carbons (Fsp3) is 0.194. The molecule has 0 aliphatic carbocycles. The van der Waals surface area contributed by atoms with Gasteiger partial charge in [0.25, 0.3) is 0 Å². The van der Waals surface area contributed by atoms with Crippen LogP contribution in [0.3, 0.4) is 0 Å². The van der Waals surface area contributed by atoms with Gasteiger partial charge in [-0.2, -0.15) is 49.2 Å². The van der Waals surface area contributed by atoms with Crippen LogP contribution >= 0.6 is 0 Å². The van der Waals surface area contributed by atoms with E-state index in [1.54, 1.807) is 0 Å². The van der Waals surface area contributed by atoms with Crippen LogP contribution in [0.5, 0.6) is 11.5 Å². The van der Waals surface area contributed by atoms with E-state index in [1.807, 2.05) is 60.7 Å². The van der Waals surface area contributed by atoms with Crippen molar-refractivity contribution in [3.05, 3.63) is 227 Å². The van der Waals surface area contributed by atoms with E-state index in [-0.39, 0.29) is 33.2 Å². The molecule has 2 aromatic heterocycles. The van der Waals surface area contributed by atoms with Gasteiger partial charge in [-0.1, -0.05) is 72.8 Å². The van der Waals surface area contributed by atoms with Gasteiger partial charge in [0.2, 0.25) is 0 Å². The van der Waals surface area contributed by atoms with Gasteiger partial charge in [0.15, 0.2) is 0 Å². The molecule has 0 aliphatic heterocycles. The van der Waals surface area contributed by atoms with Gasteiger partial charge < -0.3 is 24.2 Å². The molecule has 0 saturated carbocycles. The van der Waals surface area contributed by atoms with Crippen LogP contribution in [-0.4, -0.2) is 56.3 Å². The molecule has 2 N–H and O–H groups in total. The summed E-state index contributed by atoms with van der Waals surface area (Å²) in [5, 5.41) is 29.2. The van der Waals surface area contributed by atoms with Crippen molar-refractivity contribution in [3.63, 3.8) is 0 Å². The Hall–Kier alpha value is -6.67. The first-order valence-electron chi connectivity index (χ1n) is 23.4. The Morgan fingerprint density at radius 3 is 1.00 bits per heavy atom. The first kappa shape index (κ1) is 50.2. The number of fused-ring (bicyclic) bond motifs is 6. The summed E-state index contributed by atoms with van der Waals surface area (Å²) < 4.78 is 4.46.